The average molecular weight is 258 g/mol. The molecule has 0 aliphatic carbocycles. The standard InChI is InChI=1S/C15H34N2O/c1-6-16-15(5,13-18)10-8-9-11-17(7-2)12-14(3)4/h14,16,18H,6-13H2,1-5H3. The second kappa shape index (κ2) is 9.76. The summed E-state index contributed by atoms with van der Waals surface area (Å²) >= 11 is 0. The molecule has 18 heavy (non-hydrogen) atoms. The lowest BCUT2D eigenvalue weighted by Gasteiger charge is -2.29. The molecule has 110 valence electrons. The van der Waals surface area contributed by atoms with E-state index < -0.39 is 0 Å². The van der Waals surface area contributed by atoms with Crippen molar-refractivity contribution >= 4 is 0 Å². The lowest BCUT2D eigenvalue weighted by molar-refractivity contribution is 0.162. The van der Waals surface area contributed by atoms with Crippen LogP contribution in [-0.4, -0.2) is 48.3 Å². The third kappa shape index (κ3) is 8.06. The zero-order chi connectivity index (χ0) is 14.0. The van der Waals surface area contributed by atoms with Crippen LogP contribution in [0.3, 0.4) is 0 Å². The molecule has 0 heterocycles. The van der Waals surface area contributed by atoms with E-state index in [0.29, 0.717) is 0 Å². The lowest BCUT2D eigenvalue weighted by Crippen LogP contribution is -2.45. The highest BCUT2D eigenvalue weighted by Gasteiger charge is 2.20. The fourth-order valence-corrected chi connectivity index (χ4v) is 2.40. The van der Waals surface area contributed by atoms with E-state index in [1.165, 1.54) is 25.9 Å². The van der Waals surface area contributed by atoms with Crippen molar-refractivity contribution in [1.82, 2.24) is 10.2 Å². The molecule has 0 aromatic heterocycles. The van der Waals surface area contributed by atoms with Crippen LogP contribution in [0, 0.1) is 5.92 Å². The normalized spacial score (nSPS) is 15.3. The lowest BCUT2D eigenvalue weighted by atomic mass is 9.95. The SMILES string of the molecule is CCNC(C)(CO)CCCCN(CC)CC(C)C. The Labute approximate surface area is 114 Å². The first-order chi connectivity index (χ1) is 8.47. The Bertz CT molecular complexity index is 197. The predicted octanol–water partition coefficient (Wildman–Crippen LogP) is 2.50. The molecule has 0 aromatic rings. The maximum absolute atomic E-state index is 9.42. The van der Waals surface area contributed by atoms with Gasteiger partial charge in [0.05, 0.1) is 6.61 Å². The van der Waals surface area contributed by atoms with Crippen LogP contribution in [0.5, 0.6) is 0 Å². The molecular formula is C15H34N2O. The van der Waals surface area contributed by atoms with Gasteiger partial charge in [0, 0.05) is 12.1 Å². The van der Waals surface area contributed by atoms with Crippen LogP contribution in [0.1, 0.15) is 53.9 Å². The van der Waals surface area contributed by atoms with E-state index in [0.717, 1.165) is 25.4 Å². The van der Waals surface area contributed by atoms with E-state index in [9.17, 15) is 5.11 Å². The molecule has 2 N–H and O–H groups in total. The van der Waals surface area contributed by atoms with Crippen LogP contribution in [0.15, 0.2) is 0 Å². The first kappa shape index (κ1) is 17.9. The van der Waals surface area contributed by atoms with Crippen molar-refractivity contribution in [2.45, 2.75) is 59.4 Å². The molecule has 0 aliphatic heterocycles. The highest BCUT2D eigenvalue weighted by molar-refractivity contribution is 4.81. The molecule has 0 saturated heterocycles. The molecule has 0 aliphatic rings. The Morgan fingerprint density at radius 1 is 1.22 bits per heavy atom. The van der Waals surface area contributed by atoms with Gasteiger partial charge >= 0.3 is 0 Å². The van der Waals surface area contributed by atoms with Crippen LogP contribution in [0.4, 0.5) is 0 Å². The molecule has 1 atom stereocenters. The number of aliphatic hydroxyl groups excluding tert-OH is 1. The van der Waals surface area contributed by atoms with Gasteiger partial charge in [0.25, 0.3) is 0 Å². The van der Waals surface area contributed by atoms with Gasteiger partial charge in [-0.1, -0.05) is 34.1 Å². The zero-order valence-corrected chi connectivity index (χ0v) is 13.1. The molecule has 0 aromatic carbocycles. The van der Waals surface area contributed by atoms with Gasteiger partial charge in [-0.3, -0.25) is 0 Å². The number of hydrogen-bond donors (Lipinski definition) is 2. The quantitative estimate of drug-likeness (QED) is 0.559. The Balaban J connectivity index is 3.82. The van der Waals surface area contributed by atoms with Crippen LogP contribution >= 0.6 is 0 Å². The summed E-state index contributed by atoms with van der Waals surface area (Å²) in [6.45, 7) is 15.7. The Morgan fingerprint density at radius 3 is 2.33 bits per heavy atom. The molecule has 0 amide bonds. The van der Waals surface area contributed by atoms with Gasteiger partial charge in [-0.2, -0.15) is 0 Å². The molecule has 0 bridgehead atoms. The summed E-state index contributed by atoms with van der Waals surface area (Å²) in [5, 5.41) is 12.8. The second-order valence-electron chi connectivity index (χ2n) is 5.99. The number of nitrogens with zero attached hydrogens (tertiary/aromatic N) is 1. The summed E-state index contributed by atoms with van der Waals surface area (Å²) in [5.74, 6) is 0.745. The molecule has 0 radical (unpaired) electrons. The number of rotatable bonds is 11. The highest BCUT2D eigenvalue weighted by atomic mass is 16.3. The molecule has 0 rings (SSSR count). The summed E-state index contributed by atoms with van der Waals surface area (Å²) < 4.78 is 0. The van der Waals surface area contributed by atoms with Crippen LogP contribution in [0.25, 0.3) is 0 Å². The number of hydrogen-bond acceptors (Lipinski definition) is 3. The fourth-order valence-electron chi connectivity index (χ4n) is 2.40. The van der Waals surface area contributed by atoms with Crippen molar-refractivity contribution in [3.63, 3.8) is 0 Å². The van der Waals surface area contributed by atoms with E-state index in [1.807, 2.05) is 0 Å². The first-order valence-electron chi connectivity index (χ1n) is 7.55. The third-order valence-electron chi connectivity index (χ3n) is 3.48. The van der Waals surface area contributed by atoms with E-state index in [4.69, 9.17) is 0 Å². The van der Waals surface area contributed by atoms with Gasteiger partial charge in [0.15, 0.2) is 0 Å². The minimum atomic E-state index is -0.0934. The topological polar surface area (TPSA) is 35.5 Å². The van der Waals surface area contributed by atoms with Gasteiger partial charge < -0.3 is 15.3 Å². The summed E-state index contributed by atoms with van der Waals surface area (Å²) in [4.78, 5) is 2.52. The minimum absolute atomic E-state index is 0.0934. The summed E-state index contributed by atoms with van der Waals surface area (Å²) in [6.07, 6.45) is 3.46. The van der Waals surface area contributed by atoms with Crippen LogP contribution in [0.2, 0.25) is 0 Å². The predicted molar refractivity (Wildman–Crippen MR) is 80.0 cm³/mol. The van der Waals surface area contributed by atoms with E-state index in [1.54, 1.807) is 0 Å². The Kier molecular flexibility index (Phi) is 9.70. The van der Waals surface area contributed by atoms with Crippen molar-refractivity contribution in [3.05, 3.63) is 0 Å². The Morgan fingerprint density at radius 2 is 1.89 bits per heavy atom. The largest absolute Gasteiger partial charge is 0.394 e. The molecule has 0 spiro atoms. The Hall–Kier alpha value is -0.120. The first-order valence-corrected chi connectivity index (χ1v) is 7.55. The number of aliphatic hydroxyl groups is 1. The fraction of sp³-hybridized carbons (Fsp3) is 1.00. The van der Waals surface area contributed by atoms with Gasteiger partial charge in [0.2, 0.25) is 0 Å². The summed E-state index contributed by atoms with van der Waals surface area (Å²) in [5.41, 5.74) is -0.0934. The molecule has 3 heteroatoms. The average Bonchev–Trinajstić information content (AvgIpc) is 2.33. The van der Waals surface area contributed by atoms with Crippen LogP contribution in [-0.2, 0) is 0 Å². The molecule has 0 fully saturated rings. The van der Waals surface area contributed by atoms with Crippen molar-refractivity contribution < 1.29 is 5.11 Å². The number of nitrogens with one attached hydrogen (secondary N) is 1. The molecule has 0 saturated carbocycles. The summed E-state index contributed by atoms with van der Waals surface area (Å²) in [7, 11) is 0. The van der Waals surface area contributed by atoms with Gasteiger partial charge in [-0.25, -0.2) is 0 Å². The molecule has 3 nitrogen and oxygen atoms in total. The van der Waals surface area contributed by atoms with Gasteiger partial charge in [-0.05, 0) is 45.3 Å². The van der Waals surface area contributed by atoms with Crippen molar-refractivity contribution in [1.29, 1.82) is 0 Å². The maximum Gasteiger partial charge on any atom is 0.0610 e. The summed E-state index contributed by atoms with van der Waals surface area (Å²) in [6, 6.07) is 0. The van der Waals surface area contributed by atoms with E-state index in [-0.39, 0.29) is 12.1 Å². The number of likely N-dealkylation sites (N-methyl/N-ethyl adjacent to an activating group) is 1. The zero-order valence-electron chi connectivity index (χ0n) is 13.1. The number of unbranched alkanes of at least 4 members (excludes halogenated alkanes) is 1. The van der Waals surface area contributed by atoms with Gasteiger partial charge in [-0.15, -0.1) is 0 Å². The van der Waals surface area contributed by atoms with Crippen molar-refractivity contribution in [2.75, 3.05) is 32.8 Å². The molecular weight excluding hydrogens is 224 g/mol. The monoisotopic (exact) mass is 258 g/mol. The van der Waals surface area contributed by atoms with Crippen LogP contribution < -0.4 is 5.32 Å². The smallest absolute Gasteiger partial charge is 0.0610 e. The third-order valence-corrected chi connectivity index (χ3v) is 3.48. The van der Waals surface area contributed by atoms with E-state index in [2.05, 4.69) is 44.8 Å². The molecule has 1 unspecified atom stereocenters. The minimum Gasteiger partial charge on any atom is -0.394 e. The van der Waals surface area contributed by atoms with Crippen molar-refractivity contribution in [2.24, 2.45) is 5.92 Å². The van der Waals surface area contributed by atoms with Crippen molar-refractivity contribution in [3.8, 4) is 0 Å². The van der Waals surface area contributed by atoms with E-state index >= 15 is 0 Å². The second-order valence-corrected chi connectivity index (χ2v) is 5.99. The highest BCUT2D eigenvalue weighted by Crippen LogP contribution is 2.13. The van der Waals surface area contributed by atoms with Gasteiger partial charge in [0.1, 0.15) is 0 Å². The maximum atomic E-state index is 9.42.